The molecule has 1 aromatic heterocycles. The summed E-state index contributed by atoms with van der Waals surface area (Å²) in [6, 6.07) is 8.95. The first-order chi connectivity index (χ1) is 13.7. The summed E-state index contributed by atoms with van der Waals surface area (Å²) in [7, 11) is 1.60. The minimum absolute atomic E-state index is 0.0713. The number of esters is 1. The predicted molar refractivity (Wildman–Crippen MR) is 103 cm³/mol. The average molecular weight is 385 g/mol. The molecule has 1 aromatic carbocycles. The Labute approximate surface area is 165 Å². The van der Waals surface area contributed by atoms with E-state index in [2.05, 4.69) is 17.1 Å². The first-order valence-electron chi connectivity index (χ1n) is 9.73. The van der Waals surface area contributed by atoms with Gasteiger partial charge in [0.2, 0.25) is 5.91 Å². The molecule has 0 saturated carbocycles. The molecule has 2 heterocycles. The molecule has 1 N–H and O–H groups in total. The average Bonchev–Trinajstić information content (AvgIpc) is 3.24. The molecule has 7 heteroatoms. The van der Waals surface area contributed by atoms with E-state index in [4.69, 9.17) is 9.47 Å². The van der Waals surface area contributed by atoms with Crippen molar-refractivity contribution in [2.45, 2.75) is 45.3 Å². The van der Waals surface area contributed by atoms with Crippen LogP contribution >= 0.6 is 0 Å². The molecule has 2 unspecified atom stereocenters. The van der Waals surface area contributed by atoms with Crippen LogP contribution in [0, 0.1) is 5.92 Å². The van der Waals surface area contributed by atoms with Crippen molar-refractivity contribution in [1.82, 2.24) is 15.1 Å². The maximum atomic E-state index is 13.0. The van der Waals surface area contributed by atoms with Gasteiger partial charge in [-0.1, -0.05) is 31.5 Å². The van der Waals surface area contributed by atoms with Gasteiger partial charge in [-0.3, -0.25) is 14.7 Å². The standard InChI is InChI=1S/C21H27N3O4/c1-3-4-13-24-19(25)10-9-17(21(26)28-14-15-11-12-22-23-15)20(24)16-7-5-6-8-18(16)27-2/h5-8,11-12,17,20H,3-4,9-10,13-14H2,1-2H3,(H,22,23). The summed E-state index contributed by atoms with van der Waals surface area (Å²) in [5, 5.41) is 6.66. The highest BCUT2D eigenvalue weighted by molar-refractivity contribution is 5.82. The number of unbranched alkanes of at least 4 members (excludes halogenated alkanes) is 1. The van der Waals surface area contributed by atoms with E-state index < -0.39 is 12.0 Å². The Hall–Kier alpha value is -2.83. The molecule has 28 heavy (non-hydrogen) atoms. The van der Waals surface area contributed by atoms with E-state index in [1.54, 1.807) is 19.4 Å². The molecule has 2 atom stereocenters. The molecule has 0 bridgehead atoms. The maximum Gasteiger partial charge on any atom is 0.311 e. The number of hydrogen-bond donors (Lipinski definition) is 1. The largest absolute Gasteiger partial charge is 0.496 e. The van der Waals surface area contributed by atoms with Crippen molar-refractivity contribution in [2.24, 2.45) is 5.92 Å². The molecule has 1 aliphatic rings. The third-order valence-electron chi connectivity index (χ3n) is 5.15. The number of aromatic amines is 1. The summed E-state index contributed by atoms with van der Waals surface area (Å²) >= 11 is 0. The Balaban J connectivity index is 1.89. The summed E-state index contributed by atoms with van der Waals surface area (Å²) in [5.74, 6) is 0.00493. The fourth-order valence-electron chi connectivity index (χ4n) is 3.71. The van der Waals surface area contributed by atoms with Crippen molar-refractivity contribution in [3.63, 3.8) is 0 Å². The lowest BCUT2D eigenvalue weighted by molar-refractivity contribution is -0.158. The van der Waals surface area contributed by atoms with Crippen molar-refractivity contribution in [2.75, 3.05) is 13.7 Å². The minimum atomic E-state index is -0.436. The third-order valence-corrected chi connectivity index (χ3v) is 5.15. The summed E-state index contributed by atoms with van der Waals surface area (Å²) in [6.07, 6.45) is 4.28. The Morgan fingerprint density at radius 1 is 1.32 bits per heavy atom. The number of H-pyrrole nitrogens is 1. The number of carbonyl (C=O) groups is 2. The third kappa shape index (κ3) is 4.35. The van der Waals surface area contributed by atoms with Gasteiger partial charge in [-0.25, -0.2) is 0 Å². The van der Waals surface area contributed by atoms with E-state index in [9.17, 15) is 9.59 Å². The van der Waals surface area contributed by atoms with E-state index in [-0.39, 0.29) is 18.5 Å². The van der Waals surface area contributed by atoms with Gasteiger partial charge < -0.3 is 14.4 Å². The number of rotatable bonds is 8. The molecule has 1 amide bonds. The summed E-state index contributed by atoms with van der Waals surface area (Å²) in [5.41, 5.74) is 1.58. The van der Waals surface area contributed by atoms with Crippen molar-refractivity contribution in [3.8, 4) is 5.75 Å². The zero-order valence-corrected chi connectivity index (χ0v) is 16.4. The van der Waals surface area contributed by atoms with Crippen molar-refractivity contribution in [1.29, 1.82) is 0 Å². The molecule has 7 nitrogen and oxygen atoms in total. The maximum absolute atomic E-state index is 13.0. The number of nitrogens with one attached hydrogen (secondary N) is 1. The van der Waals surface area contributed by atoms with E-state index in [1.807, 2.05) is 29.2 Å². The molecule has 1 fully saturated rings. The van der Waals surface area contributed by atoms with Crippen molar-refractivity contribution < 1.29 is 19.1 Å². The lowest BCUT2D eigenvalue weighted by atomic mass is 9.83. The Morgan fingerprint density at radius 3 is 2.86 bits per heavy atom. The number of nitrogens with zero attached hydrogens (tertiary/aromatic N) is 2. The molecular weight excluding hydrogens is 358 g/mol. The van der Waals surface area contributed by atoms with E-state index in [0.29, 0.717) is 25.1 Å². The van der Waals surface area contributed by atoms with E-state index >= 15 is 0 Å². The normalized spacial score (nSPS) is 19.5. The number of ether oxygens (including phenoxy) is 2. The number of carbonyl (C=O) groups excluding carboxylic acids is 2. The number of methoxy groups -OCH3 is 1. The second-order valence-corrected chi connectivity index (χ2v) is 6.96. The molecule has 2 aromatic rings. The minimum Gasteiger partial charge on any atom is -0.496 e. The van der Waals surface area contributed by atoms with Crippen LogP contribution < -0.4 is 4.74 Å². The fourth-order valence-corrected chi connectivity index (χ4v) is 3.71. The Kier molecular flexibility index (Phi) is 6.68. The lowest BCUT2D eigenvalue weighted by Gasteiger charge is -2.40. The first-order valence-corrected chi connectivity index (χ1v) is 9.73. The van der Waals surface area contributed by atoms with Crippen LogP contribution in [0.4, 0.5) is 0 Å². The summed E-state index contributed by atoms with van der Waals surface area (Å²) < 4.78 is 11.1. The van der Waals surface area contributed by atoms with Gasteiger partial charge in [0.25, 0.3) is 0 Å². The van der Waals surface area contributed by atoms with Gasteiger partial charge in [0.1, 0.15) is 12.4 Å². The molecule has 1 aliphatic heterocycles. The number of likely N-dealkylation sites (tertiary alicyclic amines) is 1. The molecule has 0 radical (unpaired) electrons. The van der Waals surface area contributed by atoms with Crippen LogP contribution in [-0.2, 0) is 20.9 Å². The highest BCUT2D eigenvalue weighted by atomic mass is 16.5. The topological polar surface area (TPSA) is 84.5 Å². The zero-order valence-electron chi connectivity index (χ0n) is 16.4. The summed E-state index contributed by atoms with van der Waals surface area (Å²) in [6.45, 7) is 2.84. The van der Waals surface area contributed by atoms with Gasteiger partial charge in [0.05, 0.1) is 24.8 Å². The highest BCUT2D eigenvalue weighted by Gasteiger charge is 2.42. The fraction of sp³-hybridized carbons (Fsp3) is 0.476. The van der Waals surface area contributed by atoms with Crippen LogP contribution in [0.1, 0.15) is 49.9 Å². The number of hydrogen-bond acceptors (Lipinski definition) is 5. The number of piperidine rings is 1. The van der Waals surface area contributed by atoms with Crippen LogP contribution in [0.3, 0.4) is 0 Å². The molecule has 0 spiro atoms. The summed E-state index contributed by atoms with van der Waals surface area (Å²) in [4.78, 5) is 27.5. The number of para-hydroxylation sites is 1. The van der Waals surface area contributed by atoms with Gasteiger partial charge in [-0.15, -0.1) is 0 Å². The van der Waals surface area contributed by atoms with E-state index in [0.717, 1.165) is 24.1 Å². The van der Waals surface area contributed by atoms with Crippen LogP contribution in [0.2, 0.25) is 0 Å². The molecule has 150 valence electrons. The van der Waals surface area contributed by atoms with E-state index in [1.165, 1.54) is 0 Å². The van der Waals surface area contributed by atoms with Gasteiger partial charge in [0.15, 0.2) is 0 Å². The Morgan fingerprint density at radius 2 is 2.14 bits per heavy atom. The quantitative estimate of drug-likeness (QED) is 0.705. The second kappa shape index (κ2) is 9.39. The smallest absolute Gasteiger partial charge is 0.311 e. The Bertz CT molecular complexity index is 791. The number of benzene rings is 1. The van der Waals surface area contributed by atoms with Crippen LogP contribution in [0.15, 0.2) is 36.5 Å². The van der Waals surface area contributed by atoms with Gasteiger partial charge in [-0.05, 0) is 25.0 Å². The van der Waals surface area contributed by atoms with Crippen LogP contribution in [0.25, 0.3) is 0 Å². The SMILES string of the molecule is CCCCN1C(=O)CCC(C(=O)OCc2ccn[nH]2)C1c1ccccc1OC. The zero-order chi connectivity index (χ0) is 19.9. The lowest BCUT2D eigenvalue weighted by Crippen LogP contribution is -2.46. The van der Waals surface area contributed by atoms with Gasteiger partial charge >= 0.3 is 5.97 Å². The predicted octanol–water partition coefficient (Wildman–Crippen LogP) is 3.24. The monoisotopic (exact) mass is 385 g/mol. The van der Waals surface area contributed by atoms with Crippen molar-refractivity contribution >= 4 is 11.9 Å². The molecular formula is C21H27N3O4. The first kappa shape index (κ1) is 19.9. The highest BCUT2D eigenvalue weighted by Crippen LogP contribution is 2.41. The molecule has 3 rings (SSSR count). The number of amides is 1. The van der Waals surface area contributed by atoms with Crippen LogP contribution in [0.5, 0.6) is 5.75 Å². The molecule has 0 aliphatic carbocycles. The number of aromatic nitrogens is 2. The van der Waals surface area contributed by atoms with Crippen molar-refractivity contribution in [3.05, 3.63) is 47.8 Å². The second-order valence-electron chi connectivity index (χ2n) is 6.96. The van der Waals surface area contributed by atoms with Gasteiger partial charge in [-0.2, -0.15) is 5.10 Å². The molecule has 1 saturated heterocycles. The van der Waals surface area contributed by atoms with Gasteiger partial charge in [0, 0.05) is 24.7 Å². The van der Waals surface area contributed by atoms with Crippen LogP contribution in [-0.4, -0.2) is 40.6 Å².